The van der Waals surface area contributed by atoms with Crippen LogP contribution in [0.1, 0.15) is 33.5 Å². The van der Waals surface area contributed by atoms with Crippen molar-refractivity contribution in [2.75, 3.05) is 5.73 Å². The Morgan fingerprint density at radius 3 is 2.83 bits per heavy atom. The van der Waals surface area contributed by atoms with Crippen LogP contribution in [0.25, 0.3) is 10.2 Å². The topological polar surface area (TPSA) is 96.2 Å². The molecule has 0 atom stereocenters. The van der Waals surface area contributed by atoms with E-state index < -0.39 is 0 Å². The number of rotatable bonds is 3. The Labute approximate surface area is 151 Å². The van der Waals surface area contributed by atoms with Crippen molar-refractivity contribution < 1.29 is 4.79 Å². The monoisotopic (exact) mass is 405 g/mol. The number of aromatic amines is 1. The van der Waals surface area contributed by atoms with Gasteiger partial charge in [0.25, 0.3) is 5.91 Å². The number of pyridine rings is 1. The minimum absolute atomic E-state index is 0.315. The van der Waals surface area contributed by atoms with Gasteiger partial charge in [-0.1, -0.05) is 0 Å². The molecular weight excluding hydrogens is 390 g/mol. The largest absolute Gasteiger partial charge is 0.397 e. The highest BCUT2D eigenvalue weighted by Gasteiger charge is 2.16. The Bertz CT molecular complexity index is 972. The number of aromatic nitrogens is 2. The molecule has 3 heterocycles. The zero-order valence-corrected chi connectivity index (χ0v) is 15.8. The molecule has 3 rings (SSSR count). The SMILES string of the molecule is C/C(=N/NC(=O)c1cc(Br)c[nH]1)c1sc2nc(C)cc(C)c2c1N. The predicted molar refractivity (Wildman–Crippen MR) is 102 cm³/mol. The van der Waals surface area contributed by atoms with E-state index >= 15 is 0 Å². The van der Waals surface area contributed by atoms with Gasteiger partial charge >= 0.3 is 0 Å². The molecule has 6 nitrogen and oxygen atoms in total. The first-order chi connectivity index (χ1) is 11.4. The highest BCUT2D eigenvalue weighted by molar-refractivity contribution is 9.10. The lowest BCUT2D eigenvalue weighted by molar-refractivity contribution is 0.0950. The number of halogens is 1. The number of H-pyrrole nitrogens is 1. The van der Waals surface area contributed by atoms with Gasteiger partial charge in [-0.3, -0.25) is 4.79 Å². The molecule has 3 aromatic rings. The smallest absolute Gasteiger partial charge is 0.287 e. The second-order valence-corrected chi connectivity index (χ2v) is 7.39. The number of hydrogen-bond acceptors (Lipinski definition) is 5. The van der Waals surface area contributed by atoms with E-state index in [0.717, 1.165) is 30.8 Å². The number of carbonyl (C=O) groups excluding carboxylic acids is 1. The molecule has 24 heavy (non-hydrogen) atoms. The summed E-state index contributed by atoms with van der Waals surface area (Å²) in [6, 6.07) is 3.69. The summed E-state index contributed by atoms with van der Waals surface area (Å²) in [5.41, 5.74) is 12.6. The Balaban J connectivity index is 1.91. The van der Waals surface area contributed by atoms with Gasteiger partial charge in [0.15, 0.2) is 0 Å². The molecule has 0 aliphatic carbocycles. The number of nitrogens with zero attached hydrogens (tertiary/aromatic N) is 2. The molecule has 0 aliphatic rings. The first-order valence-corrected chi connectivity index (χ1v) is 8.83. The Hall–Kier alpha value is -2.19. The number of hydrazone groups is 1. The number of nitrogens with one attached hydrogen (secondary N) is 2. The van der Waals surface area contributed by atoms with Gasteiger partial charge in [0.1, 0.15) is 10.5 Å². The summed E-state index contributed by atoms with van der Waals surface area (Å²) >= 11 is 4.77. The van der Waals surface area contributed by atoms with Crippen LogP contribution in [-0.4, -0.2) is 21.6 Å². The zero-order valence-electron chi connectivity index (χ0n) is 13.4. The average Bonchev–Trinajstić information content (AvgIpc) is 3.08. The van der Waals surface area contributed by atoms with E-state index in [0.29, 0.717) is 17.1 Å². The normalized spacial score (nSPS) is 11.9. The van der Waals surface area contributed by atoms with Crippen molar-refractivity contribution in [2.45, 2.75) is 20.8 Å². The van der Waals surface area contributed by atoms with Crippen molar-refractivity contribution in [1.29, 1.82) is 0 Å². The number of fused-ring (bicyclic) bond motifs is 1. The number of amides is 1. The van der Waals surface area contributed by atoms with Crippen LogP contribution in [-0.2, 0) is 0 Å². The summed E-state index contributed by atoms with van der Waals surface area (Å²) in [5, 5.41) is 5.13. The molecule has 0 aliphatic heterocycles. The van der Waals surface area contributed by atoms with Crippen molar-refractivity contribution in [3.05, 3.63) is 44.6 Å². The Morgan fingerprint density at radius 1 is 1.42 bits per heavy atom. The van der Waals surface area contributed by atoms with E-state index in [1.165, 1.54) is 11.3 Å². The van der Waals surface area contributed by atoms with Gasteiger partial charge in [0.2, 0.25) is 0 Å². The third-order valence-corrected chi connectivity index (χ3v) is 5.24. The molecule has 0 fully saturated rings. The van der Waals surface area contributed by atoms with Gasteiger partial charge < -0.3 is 10.7 Å². The lowest BCUT2D eigenvalue weighted by Gasteiger charge is -2.02. The van der Waals surface area contributed by atoms with Crippen molar-refractivity contribution in [2.24, 2.45) is 5.10 Å². The summed E-state index contributed by atoms with van der Waals surface area (Å²) in [4.78, 5) is 21.1. The molecule has 4 N–H and O–H groups in total. The van der Waals surface area contributed by atoms with E-state index in [1.54, 1.807) is 12.3 Å². The fourth-order valence-electron chi connectivity index (χ4n) is 2.48. The molecule has 0 saturated carbocycles. The van der Waals surface area contributed by atoms with E-state index in [2.05, 4.69) is 36.4 Å². The summed E-state index contributed by atoms with van der Waals surface area (Å²) in [6.45, 7) is 5.78. The van der Waals surface area contributed by atoms with Crippen molar-refractivity contribution in [1.82, 2.24) is 15.4 Å². The van der Waals surface area contributed by atoms with Crippen molar-refractivity contribution >= 4 is 54.8 Å². The van der Waals surface area contributed by atoms with Crippen LogP contribution >= 0.6 is 27.3 Å². The fourth-order valence-corrected chi connectivity index (χ4v) is 3.99. The molecule has 8 heteroatoms. The van der Waals surface area contributed by atoms with Crippen LogP contribution < -0.4 is 11.2 Å². The number of aryl methyl sites for hydroxylation is 2. The first-order valence-electron chi connectivity index (χ1n) is 7.22. The highest BCUT2D eigenvalue weighted by atomic mass is 79.9. The summed E-state index contributed by atoms with van der Waals surface area (Å²) in [7, 11) is 0. The second kappa shape index (κ2) is 6.37. The molecule has 0 bridgehead atoms. The minimum Gasteiger partial charge on any atom is -0.397 e. The average molecular weight is 406 g/mol. The number of hydrogen-bond donors (Lipinski definition) is 3. The maximum Gasteiger partial charge on any atom is 0.287 e. The molecule has 0 aromatic carbocycles. The fraction of sp³-hybridized carbons (Fsp3) is 0.188. The quantitative estimate of drug-likeness (QED) is 0.457. The predicted octanol–water partition coefficient (Wildman–Crippen LogP) is 3.74. The second-order valence-electron chi connectivity index (χ2n) is 5.48. The molecule has 0 spiro atoms. The van der Waals surface area contributed by atoms with Crippen LogP contribution in [0.4, 0.5) is 5.69 Å². The third kappa shape index (κ3) is 3.07. The molecular formula is C16H16BrN5OS. The van der Waals surface area contributed by atoms with Gasteiger partial charge in [-0.2, -0.15) is 5.10 Å². The standard InChI is InChI=1S/C16H16BrN5OS/c1-7-4-8(2)20-16-12(7)13(18)14(24-16)9(3)21-22-15(23)11-5-10(17)6-19-11/h4-6,19H,18H2,1-3H3,(H,22,23)/b21-9-. The molecule has 3 aromatic heterocycles. The summed E-state index contributed by atoms with van der Waals surface area (Å²) in [5.74, 6) is -0.315. The van der Waals surface area contributed by atoms with E-state index in [-0.39, 0.29) is 5.91 Å². The molecule has 0 saturated heterocycles. The number of thiophene rings is 1. The highest BCUT2D eigenvalue weighted by Crippen LogP contribution is 2.35. The molecule has 1 amide bonds. The van der Waals surface area contributed by atoms with Crippen LogP contribution in [0, 0.1) is 13.8 Å². The van der Waals surface area contributed by atoms with Crippen LogP contribution in [0.5, 0.6) is 0 Å². The number of carbonyl (C=O) groups is 1. The van der Waals surface area contributed by atoms with Gasteiger partial charge in [0.05, 0.1) is 16.3 Å². The Morgan fingerprint density at radius 2 is 2.17 bits per heavy atom. The van der Waals surface area contributed by atoms with Gasteiger partial charge in [-0.15, -0.1) is 11.3 Å². The lowest BCUT2D eigenvalue weighted by Crippen LogP contribution is -2.19. The molecule has 0 radical (unpaired) electrons. The van der Waals surface area contributed by atoms with Gasteiger partial charge in [-0.25, -0.2) is 10.4 Å². The zero-order chi connectivity index (χ0) is 17.4. The van der Waals surface area contributed by atoms with Crippen molar-refractivity contribution in [3.8, 4) is 0 Å². The summed E-state index contributed by atoms with van der Waals surface area (Å²) in [6.07, 6.45) is 1.69. The van der Waals surface area contributed by atoms with Gasteiger partial charge in [-0.05, 0) is 54.4 Å². The van der Waals surface area contributed by atoms with Crippen LogP contribution in [0.15, 0.2) is 27.9 Å². The van der Waals surface area contributed by atoms with Gasteiger partial charge in [0, 0.05) is 21.7 Å². The van der Waals surface area contributed by atoms with E-state index in [1.807, 2.05) is 26.8 Å². The number of nitrogen functional groups attached to an aromatic ring is 1. The minimum atomic E-state index is -0.315. The third-order valence-electron chi connectivity index (χ3n) is 3.57. The number of nitrogens with two attached hydrogens (primary N) is 1. The number of anilines is 1. The first kappa shape index (κ1) is 16.7. The lowest BCUT2D eigenvalue weighted by atomic mass is 10.1. The maximum atomic E-state index is 12.0. The maximum absolute atomic E-state index is 12.0. The van der Waals surface area contributed by atoms with E-state index in [4.69, 9.17) is 5.73 Å². The van der Waals surface area contributed by atoms with Crippen molar-refractivity contribution in [3.63, 3.8) is 0 Å². The molecule has 0 unspecified atom stereocenters. The molecule has 124 valence electrons. The summed E-state index contributed by atoms with van der Waals surface area (Å²) < 4.78 is 0.805. The van der Waals surface area contributed by atoms with Crippen LogP contribution in [0.3, 0.4) is 0 Å². The van der Waals surface area contributed by atoms with E-state index in [9.17, 15) is 4.79 Å². The van der Waals surface area contributed by atoms with Crippen LogP contribution in [0.2, 0.25) is 0 Å². The Kier molecular flexibility index (Phi) is 4.42.